The zero-order valence-corrected chi connectivity index (χ0v) is 31.4. The first-order valence-electron chi connectivity index (χ1n) is 19.4. The summed E-state index contributed by atoms with van der Waals surface area (Å²) in [6.45, 7) is 6.62. The highest BCUT2D eigenvalue weighted by atomic mass is 16.5. The predicted octanol–water partition coefficient (Wildman–Crippen LogP) is 5.03. The molecule has 0 spiro atoms. The number of imide groups is 2. The van der Waals surface area contributed by atoms with Gasteiger partial charge in [-0.3, -0.25) is 34.3 Å². The Morgan fingerprint density at radius 1 is 0.804 bits per heavy atom. The van der Waals surface area contributed by atoms with Gasteiger partial charge in [0.1, 0.15) is 36.4 Å². The number of benzene rings is 3. The number of nitrogens with one attached hydrogen (secondary N) is 2. The van der Waals surface area contributed by atoms with Gasteiger partial charge in [-0.05, 0) is 78.9 Å². The monoisotopic (exact) mass is 756 g/mol. The third-order valence-electron chi connectivity index (χ3n) is 11.6. The summed E-state index contributed by atoms with van der Waals surface area (Å²) in [6.07, 6.45) is 6.29. The van der Waals surface area contributed by atoms with Crippen molar-refractivity contribution in [3.63, 3.8) is 0 Å². The highest BCUT2D eigenvalue weighted by Gasteiger charge is 2.45. The summed E-state index contributed by atoms with van der Waals surface area (Å²) >= 11 is 0. The van der Waals surface area contributed by atoms with E-state index < -0.39 is 29.7 Å². The molecule has 3 aliphatic heterocycles. The Balaban J connectivity index is 0.738. The van der Waals surface area contributed by atoms with E-state index >= 15 is 0 Å². The third-order valence-corrected chi connectivity index (χ3v) is 11.6. The molecule has 4 amide bonds. The van der Waals surface area contributed by atoms with Gasteiger partial charge in [-0.1, -0.05) is 38.1 Å². The molecule has 9 rings (SSSR count). The molecule has 1 unspecified atom stereocenters. The van der Waals surface area contributed by atoms with Gasteiger partial charge in [0, 0.05) is 61.7 Å². The predicted molar refractivity (Wildman–Crippen MR) is 205 cm³/mol. The van der Waals surface area contributed by atoms with Crippen molar-refractivity contribution in [2.24, 2.45) is 0 Å². The second kappa shape index (κ2) is 14.4. The Labute approximate surface area is 324 Å². The summed E-state index contributed by atoms with van der Waals surface area (Å²) < 4.78 is 18.3. The van der Waals surface area contributed by atoms with E-state index in [2.05, 4.69) is 63.6 Å². The highest BCUT2D eigenvalue weighted by Crippen LogP contribution is 2.36. The molecular formula is C43H44N6O7. The van der Waals surface area contributed by atoms with E-state index in [1.165, 1.54) is 12.8 Å². The summed E-state index contributed by atoms with van der Waals surface area (Å²) in [5, 5.41) is 5.67. The van der Waals surface area contributed by atoms with Gasteiger partial charge in [0.25, 0.3) is 11.8 Å². The molecule has 0 bridgehead atoms. The molecule has 0 radical (unpaired) electrons. The Hall–Kier alpha value is -5.82. The fourth-order valence-corrected chi connectivity index (χ4v) is 7.95. The van der Waals surface area contributed by atoms with Crippen LogP contribution < -0.4 is 24.8 Å². The smallest absolute Gasteiger partial charge is 0.317 e. The molecule has 5 aliphatic rings. The van der Waals surface area contributed by atoms with E-state index in [1.807, 2.05) is 30.3 Å². The maximum atomic E-state index is 13.2. The molecule has 1 atom stereocenters. The standard InChI is InChI=1S/C43H44N6O7/c1-43(2,25-3-10-31(11-4-25)54-24-28-17-18-44-42(46-28)56-34-22-48(23-34)30-8-9-30)26-5-12-32(13-6-26)55-33-19-29(20-33)45-27-7-14-35-36(21-27)41(53)49(40(35)52)37-15-16-38(50)47-39(37)51/h3-7,10-14,17-18,21,29-30,33-34,37,45H,8-9,15-16,19-20,22-24H2,1-2H3,(H,47,50,51)/t29-,33+,37?. The van der Waals surface area contributed by atoms with Gasteiger partial charge >= 0.3 is 6.01 Å². The first-order chi connectivity index (χ1) is 27.1. The van der Waals surface area contributed by atoms with Gasteiger partial charge in [-0.15, -0.1) is 0 Å². The van der Waals surface area contributed by atoms with Crippen LogP contribution in [0.2, 0.25) is 0 Å². The number of ether oxygens (including phenoxy) is 3. The first kappa shape index (κ1) is 35.9. The molecule has 2 aliphatic carbocycles. The van der Waals surface area contributed by atoms with Crippen LogP contribution in [0.1, 0.15) is 89.9 Å². The third kappa shape index (κ3) is 7.18. The van der Waals surface area contributed by atoms with Crippen molar-refractivity contribution in [1.29, 1.82) is 0 Å². The average molecular weight is 757 g/mol. The van der Waals surface area contributed by atoms with Crippen molar-refractivity contribution >= 4 is 29.3 Å². The number of rotatable bonds is 13. The van der Waals surface area contributed by atoms with E-state index in [0.29, 0.717) is 12.6 Å². The molecular weight excluding hydrogens is 713 g/mol. The lowest BCUT2D eigenvalue weighted by Crippen LogP contribution is -2.54. The number of aromatic nitrogens is 2. The second-order valence-corrected chi connectivity index (χ2v) is 16.0. The van der Waals surface area contributed by atoms with Gasteiger partial charge < -0.3 is 19.5 Å². The molecule has 2 saturated carbocycles. The summed E-state index contributed by atoms with van der Waals surface area (Å²) in [5.41, 5.74) is 4.07. The molecule has 4 heterocycles. The SMILES string of the molecule is CC(C)(c1ccc(OCc2ccnc(OC3CN(C4CC4)C3)n2)cc1)c1ccc(O[C@H]2C[C@@H](Nc3ccc4c(c3)C(=O)N(C3CCC(=O)NC3=O)C4=O)C2)cc1. The molecule has 1 aromatic heterocycles. The van der Waals surface area contributed by atoms with Crippen molar-refractivity contribution in [2.75, 3.05) is 18.4 Å². The molecule has 13 nitrogen and oxygen atoms in total. The zero-order chi connectivity index (χ0) is 38.6. The maximum Gasteiger partial charge on any atom is 0.317 e. The van der Waals surface area contributed by atoms with E-state index in [1.54, 1.807) is 24.4 Å². The summed E-state index contributed by atoms with van der Waals surface area (Å²) in [6, 6.07) is 23.7. The minimum absolute atomic E-state index is 0.0432. The maximum absolute atomic E-state index is 13.2. The molecule has 2 saturated heterocycles. The number of anilines is 1. The average Bonchev–Trinajstić information content (AvgIpc) is 3.97. The van der Waals surface area contributed by atoms with Crippen LogP contribution in [0.25, 0.3) is 0 Å². The lowest BCUT2D eigenvalue weighted by Gasteiger charge is -2.38. The molecule has 3 aromatic carbocycles. The largest absolute Gasteiger partial charge is 0.490 e. The van der Waals surface area contributed by atoms with Crippen LogP contribution in [0.15, 0.2) is 79.0 Å². The van der Waals surface area contributed by atoms with E-state index in [-0.39, 0.29) is 47.6 Å². The number of hydrogen-bond donors (Lipinski definition) is 2. The Morgan fingerprint density at radius 3 is 2.20 bits per heavy atom. The quantitative estimate of drug-likeness (QED) is 0.177. The van der Waals surface area contributed by atoms with Crippen molar-refractivity contribution in [3.05, 3.63) is 107 Å². The first-order valence-corrected chi connectivity index (χ1v) is 19.4. The number of piperidine rings is 1. The second-order valence-electron chi connectivity index (χ2n) is 16.0. The molecule has 13 heteroatoms. The van der Waals surface area contributed by atoms with Gasteiger partial charge in [0.15, 0.2) is 0 Å². The minimum Gasteiger partial charge on any atom is -0.490 e. The number of fused-ring (bicyclic) bond motifs is 1. The molecule has 4 fully saturated rings. The fourth-order valence-electron chi connectivity index (χ4n) is 7.95. The van der Waals surface area contributed by atoms with Crippen molar-refractivity contribution < 1.29 is 33.4 Å². The zero-order valence-electron chi connectivity index (χ0n) is 31.4. The van der Waals surface area contributed by atoms with Crippen LogP contribution in [-0.4, -0.2) is 86.8 Å². The molecule has 4 aromatic rings. The summed E-state index contributed by atoms with van der Waals surface area (Å²) in [7, 11) is 0. The van der Waals surface area contributed by atoms with Crippen molar-refractivity contribution in [2.45, 2.75) is 94.7 Å². The van der Waals surface area contributed by atoms with Gasteiger partial charge in [0.05, 0.1) is 16.8 Å². The lowest BCUT2D eigenvalue weighted by atomic mass is 9.78. The van der Waals surface area contributed by atoms with Crippen LogP contribution in [0.3, 0.4) is 0 Å². The van der Waals surface area contributed by atoms with Crippen LogP contribution >= 0.6 is 0 Å². The van der Waals surface area contributed by atoms with E-state index in [9.17, 15) is 19.2 Å². The Morgan fingerprint density at radius 2 is 1.50 bits per heavy atom. The van der Waals surface area contributed by atoms with Gasteiger partial charge in [0.2, 0.25) is 11.8 Å². The number of carbonyl (C=O) groups is 4. The van der Waals surface area contributed by atoms with E-state index in [0.717, 1.165) is 70.9 Å². The Kier molecular flexibility index (Phi) is 9.19. The molecule has 56 heavy (non-hydrogen) atoms. The number of likely N-dealkylation sites (tertiary alicyclic amines) is 1. The fraction of sp³-hybridized carbons (Fsp3) is 0.395. The van der Waals surface area contributed by atoms with Crippen molar-refractivity contribution in [1.82, 2.24) is 25.1 Å². The number of nitrogens with zero attached hydrogens (tertiary/aromatic N) is 4. The summed E-state index contributed by atoms with van der Waals surface area (Å²) in [5.74, 6) is -0.489. The molecule has 2 N–H and O–H groups in total. The van der Waals surface area contributed by atoms with E-state index in [4.69, 9.17) is 14.2 Å². The number of carbonyl (C=O) groups excluding carboxylic acids is 4. The van der Waals surface area contributed by atoms with Crippen LogP contribution in [0.4, 0.5) is 5.69 Å². The van der Waals surface area contributed by atoms with Crippen LogP contribution in [-0.2, 0) is 21.6 Å². The topological polar surface area (TPSA) is 152 Å². The van der Waals surface area contributed by atoms with Gasteiger partial charge in [-0.2, -0.15) is 4.98 Å². The number of hydrogen-bond acceptors (Lipinski definition) is 11. The lowest BCUT2D eigenvalue weighted by molar-refractivity contribution is -0.136. The van der Waals surface area contributed by atoms with Crippen LogP contribution in [0.5, 0.6) is 17.5 Å². The normalized spacial score (nSPS) is 22.5. The minimum atomic E-state index is -0.986. The summed E-state index contributed by atoms with van der Waals surface area (Å²) in [4.78, 5) is 62.4. The number of amides is 4. The Bertz CT molecular complexity index is 2180. The molecule has 288 valence electrons. The van der Waals surface area contributed by atoms with Gasteiger partial charge in [-0.25, -0.2) is 4.98 Å². The highest BCUT2D eigenvalue weighted by molar-refractivity contribution is 6.23. The van der Waals surface area contributed by atoms with Crippen molar-refractivity contribution in [3.8, 4) is 17.5 Å². The van der Waals surface area contributed by atoms with Crippen LogP contribution in [0, 0.1) is 0 Å².